The summed E-state index contributed by atoms with van der Waals surface area (Å²) in [7, 11) is 4.14. The van der Waals surface area contributed by atoms with Crippen molar-refractivity contribution in [3.63, 3.8) is 0 Å². The highest BCUT2D eigenvalue weighted by molar-refractivity contribution is 7.80. The predicted molar refractivity (Wildman–Crippen MR) is 76.8 cm³/mol. The second-order valence-electron chi connectivity index (χ2n) is 4.40. The minimum Gasteiger partial charge on any atom is -0.376 e. The number of nitrogens with zero attached hydrogens (tertiary/aromatic N) is 2. The maximum Gasteiger partial charge on any atom is 0.166 e. The number of thiocarbonyl (C=S) groups is 1. The van der Waals surface area contributed by atoms with Crippen LogP contribution in [0.1, 0.15) is 12.0 Å². The molecule has 3 nitrogen and oxygen atoms in total. The van der Waals surface area contributed by atoms with Crippen LogP contribution in [0.3, 0.4) is 0 Å². The van der Waals surface area contributed by atoms with Crippen molar-refractivity contribution in [2.24, 2.45) is 5.73 Å². The first-order valence-corrected chi connectivity index (χ1v) is 6.23. The Morgan fingerprint density at radius 3 is 2.35 bits per heavy atom. The Balaban J connectivity index is 2.47. The Morgan fingerprint density at radius 1 is 1.18 bits per heavy atom. The van der Waals surface area contributed by atoms with E-state index in [1.54, 1.807) is 0 Å². The van der Waals surface area contributed by atoms with Gasteiger partial charge in [-0.1, -0.05) is 30.3 Å². The normalized spacial score (nSPS) is 10.5. The minimum absolute atomic E-state index is 0.479. The number of nitrogens with two attached hydrogens (primary N) is 1. The van der Waals surface area contributed by atoms with Gasteiger partial charge in [-0.15, -0.1) is 0 Å². The first-order valence-electron chi connectivity index (χ1n) is 5.82. The summed E-state index contributed by atoms with van der Waals surface area (Å²) in [6, 6.07) is 10.3. The van der Waals surface area contributed by atoms with Crippen LogP contribution in [0.25, 0.3) is 0 Å². The predicted octanol–water partition coefficient (Wildman–Crippen LogP) is 1.68. The van der Waals surface area contributed by atoms with Gasteiger partial charge < -0.3 is 15.5 Å². The van der Waals surface area contributed by atoms with Gasteiger partial charge in [-0.25, -0.2) is 0 Å². The van der Waals surface area contributed by atoms with E-state index in [0.717, 1.165) is 26.1 Å². The zero-order chi connectivity index (χ0) is 12.7. The highest BCUT2D eigenvalue weighted by Gasteiger charge is 2.06. The SMILES string of the molecule is CN(C)CCCN(Cc1ccccc1)C(N)=S. The van der Waals surface area contributed by atoms with E-state index < -0.39 is 0 Å². The van der Waals surface area contributed by atoms with Gasteiger partial charge in [0.1, 0.15) is 0 Å². The fourth-order valence-corrected chi connectivity index (χ4v) is 1.80. The van der Waals surface area contributed by atoms with Gasteiger partial charge in [0.15, 0.2) is 5.11 Å². The summed E-state index contributed by atoms with van der Waals surface area (Å²) in [6.45, 7) is 2.75. The minimum atomic E-state index is 0.479. The van der Waals surface area contributed by atoms with E-state index in [1.807, 2.05) is 23.1 Å². The van der Waals surface area contributed by atoms with Gasteiger partial charge in [-0.2, -0.15) is 0 Å². The average molecular weight is 251 g/mol. The van der Waals surface area contributed by atoms with Crippen LogP contribution in [-0.4, -0.2) is 42.1 Å². The Morgan fingerprint density at radius 2 is 1.82 bits per heavy atom. The van der Waals surface area contributed by atoms with E-state index in [-0.39, 0.29) is 0 Å². The Bertz CT molecular complexity index is 338. The molecule has 0 unspecified atom stereocenters. The molecule has 0 aromatic heterocycles. The number of hydrogen-bond donors (Lipinski definition) is 1. The molecule has 1 aromatic carbocycles. The van der Waals surface area contributed by atoms with Gasteiger partial charge in [-0.3, -0.25) is 0 Å². The second kappa shape index (κ2) is 7.25. The molecule has 0 aliphatic carbocycles. The highest BCUT2D eigenvalue weighted by atomic mass is 32.1. The van der Waals surface area contributed by atoms with Crippen LogP contribution in [0.4, 0.5) is 0 Å². The van der Waals surface area contributed by atoms with Gasteiger partial charge in [-0.05, 0) is 44.8 Å². The summed E-state index contributed by atoms with van der Waals surface area (Å²) >= 11 is 5.09. The molecular formula is C13H21N3S. The Labute approximate surface area is 109 Å². The monoisotopic (exact) mass is 251 g/mol. The summed E-state index contributed by atoms with van der Waals surface area (Å²) < 4.78 is 0. The summed E-state index contributed by atoms with van der Waals surface area (Å²) in [4.78, 5) is 4.22. The molecule has 1 rings (SSSR count). The van der Waals surface area contributed by atoms with E-state index in [4.69, 9.17) is 18.0 Å². The Hall–Kier alpha value is -1.13. The molecule has 0 aliphatic rings. The van der Waals surface area contributed by atoms with Crippen LogP contribution < -0.4 is 5.73 Å². The molecule has 0 fully saturated rings. The van der Waals surface area contributed by atoms with Crippen molar-refractivity contribution in [2.75, 3.05) is 27.2 Å². The number of benzene rings is 1. The van der Waals surface area contributed by atoms with E-state index in [0.29, 0.717) is 5.11 Å². The molecule has 0 saturated carbocycles. The van der Waals surface area contributed by atoms with Gasteiger partial charge >= 0.3 is 0 Å². The quantitative estimate of drug-likeness (QED) is 0.780. The zero-order valence-corrected chi connectivity index (χ0v) is 11.4. The van der Waals surface area contributed by atoms with Crippen molar-refractivity contribution < 1.29 is 0 Å². The van der Waals surface area contributed by atoms with Crippen molar-refractivity contribution in [1.29, 1.82) is 0 Å². The zero-order valence-electron chi connectivity index (χ0n) is 10.6. The lowest BCUT2D eigenvalue weighted by molar-refractivity contribution is 0.345. The third kappa shape index (κ3) is 5.65. The standard InChI is InChI=1S/C13H21N3S/c1-15(2)9-6-10-16(13(14)17)11-12-7-4-3-5-8-12/h3-5,7-8H,6,9-11H2,1-2H3,(H2,14,17). The molecule has 1 aromatic rings. The van der Waals surface area contributed by atoms with Gasteiger partial charge in [0.05, 0.1) is 0 Å². The van der Waals surface area contributed by atoms with Crippen LogP contribution >= 0.6 is 12.2 Å². The topological polar surface area (TPSA) is 32.5 Å². The summed E-state index contributed by atoms with van der Waals surface area (Å²) in [6.07, 6.45) is 1.07. The lowest BCUT2D eigenvalue weighted by Crippen LogP contribution is -2.36. The molecule has 2 N–H and O–H groups in total. The summed E-state index contributed by atoms with van der Waals surface area (Å²) in [5.74, 6) is 0. The first-order chi connectivity index (χ1) is 8.09. The second-order valence-corrected chi connectivity index (χ2v) is 4.82. The molecule has 0 amide bonds. The largest absolute Gasteiger partial charge is 0.376 e. The fourth-order valence-electron chi connectivity index (χ4n) is 1.65. The van der Waals surface area contributed by atoms with Crippen LogP contribution in [0, 0.1) is 0 Å². The van der Waals surface area contributed by atoms with Crippen molar-refractivity contribution in [3.05, 3.63) is 35.9 Å². The van der Waals surface area contributed by atoms with E-state index in [1.165, 1.54) is 5.56 Å². The van der Waals surface area contributed by atoms with Crippen LogP contribution in [0.15, 0.2) is 30.3 Å². The fraction of sp³-hybridized carbons (Fsp3) is 0.462. The van der Waals surface area contributed by atoms with Crippen molar-refractivity contribution in [2.45, 2.75) is 13.0 Å². The lowest BCUT2D eigenvalue weighted by Gasteiger charge is -2.23. The molecule has 0 heterocycles. The van der Waals surface area contributed by atoms with Crippen molar-refractivity contribution in [3.8, 4) is 0 Å². The molecule has 0 atom stereocenters. The first kappa shape index (κ1) is 13.9. The smallest absolute Gasteiger partial charge is 0.166 e. The average Bonchev–Trinajstić information content (AvgIpc) is 2.28. The molecule has 94 valence electrons. The summed E-state index contributed by atoms with van der Waals surface area (Å²) in [5, 5.41) is 0.479. The van der Waals surface area contributed by atoms with Crippen LogP contribution in [0.2, 0.25) is 0 Å². The van der Waals surface area contributed by atoms with Crippen LogP contribution in [-0.2, 0) is 6.54 Å². The lowest BCUT2D eigenvalue weighted by atomic mass is 10.2. The third-order valence-corrected chi connectivity index (χ3v) is 2.82. The molecular weight excluding hydrogens is 230 g/mol. The van der Waals surface area contributed by atoms with E-state index in [9.17, 15) is 0 Å². The van der Waals surface area contributed by atoms with Crippen molar-refractivity contribution in [1.82, 2.24) is 9.80 Å². The number of rotatable bonds is 6. The third-order valence-electron chi connectivity index (χ3n) is 2.56. The Kier molecular flexibility index (Phi) is 5.94. The molecule has 0 spiro atoms. The summed E-state index contributed by atoms with van der Waals surface area (Å²) in [5.41, 5.74) is 6.99. The van der Waals surface area contributed by atoms with Crippen LogP contribution in [0.5, 0.6) is 0 Å². The maximum absolute atomic E-state index is 5.75. The maximum atomic E-state index is 5.75. The van der Waals surface area contributed by atoms with Crippen molar-refractivity contribution >= 4 is 17.3 Å². The molecule has 0 bridgehead atoms. The highest BCUT2D eigenvalue weighted by Crippen LogP contribution is 2.05. The molecule has 0 radical (unpaired) electrons. The van der Waals surface area contributed by atoms with E-state index in [2.05, 4.69) is 31.1 Å². The number of hydrogen-bond acceptors (Lipinski definition) is 2. The molecule has 17 heavy (non-hydrogen) atoms. The van der Waals surface area contributed by atoms with E-state index >= 15 is 0 Å². The van der Waals surface area contributed by atoms with Gasteiger partial charge in [0, 0.05) is 13.1 Å². The van der Waals surface area contributed by atoms with Gasteiger partial charge in [0.25, 0.3) is 0 Å². The van der Waals surface area contributed by atoms with Gasteiger partial charge in [0.2, 0.25) is 0 Å². The molecule has 0 aliphatic heterocycles. The molecule has 0 saturated heterocycles. The molecule has 4 heteroatoms.